The van der Waals surface area contributed by atoms with E-state index in [1.165, 1.54) is 0 Å². The highest BCUT2D eigenvalue weighted by Crippen LogP contribution is 2.14. The van der Waals surface area contributed by atoms with Crippen LogP contribution < -0.4 is 0 Å². The Morgan fingerprint density at radius 2 is 2.62 bits per heavy atom. The molecule has 0 bridgehead atoms. The molecule has 0 aromatic heterocycles. The summed E-state index contributed by atoms with van der Waals surface area (Å²) in [6.45, 7) is 2.11. The second kappa shape index (κ2) is 4.81. The van der Waals surface area contributed by atoms with Crippen LogP contribution in [0.15, 0.2) is 5.16 Å². The summed E-state index contributed by atoms with van der Waals surface area (Å²) in [6, 6.07) is 0. The van der Waals surface area contributed by atoms with E-state index in [9.17, 15) is 4.79 Å². The number of carbonyl (C=O) groups excluding carboxylic acids is 1. The molecular formula is C8H13NO4. The summed E-state index contributed by atoms with van der Waals surface area (Å²) in [6.07, 6.45) is 0.746. The van der Waals surface area contributed by atoms with Crippen molar-refractivity contribution in [1.29, 1.82) is 0 Å². The summed E-state index contributed by atoms with van der Waals surface area (Å²) in [5.74, 6) is -0.428. The van der Waals surface area contributed by atoms with E-state index in [1.807, 2.05) is 0 Å². The van der Waals surface area contributed by atoms with Crippen molar-refractivity contribution in [2.24, 2.45) is 5.16 Å². The Morgan fingerprint density at radius 3 is 3.23 bits per heavy atom. The zero-order chi connectivity index (χ0) is 9.68. The predicted molar refractivity (Wildman–Crippen MR) is 45.3 cm³/mol. The van der Waals surface area contributed by atoms with Crippen LogP contribution in [0, 0.1) is 0 Å². The molecule has 1 aliphatic heterocycles. The standard InChI is InChI=1S/C8H13NO4/c1-2-12-8(11)7-5-6(3-4-10)13-9-7/h6,10H,2-5H2,1H3. The van der Waals surface area contributed by atoms with Crippen molar-refractivity contribution < 1.29 is 19.5 Å². The van der Waals surface area contributed by atoms with Crippen molar-refractivity contribution in [3.05, 3.63) is 0 Å². The van der Waals surface area contributed by atoms with E-state index in [1.54, 1.807) is 6.92 Å². The van der Waals surface area contributed by atoms with Crippen LogP contribution in [0.3, 0.4) is 0 Å². The number of ether oxygens (including phenoxy) is 1. The number of hydrogen-bond acceptors (Lipinski definition) is 5. The maximum absolute atomic E-state index is 11.1. The van der Waals surface area contributed by atoms with Gasteiger partial charge in [0.25, 0.3) is 0 Å². The number of aliphatic hydroxyl groups excluding tert-OH is 1. The summed E-state index contributed by atoms with van der Waals surface area (Å²) in [5.41, 5.74) is 0.306. The van der Waals surface area contributed by atoms with Gasteiger partial charge in [0.05, 0.1) is 6.61 Å². The molecule has 1 heterocycles. The van der Waals surface area contributed by atoms with Gasteiger partial charge in [0.2, 0.25) is 0 Å². The van der Waals surface area contributed by atoms with Crippen LogP contribution in [0.2, 0.25) is 0 Å². The quantitative estimate of drug-likeness (QED) is 0.633. The van der Waals surface area contributed by atoms with Crippen molar-refractivity contribution >= 4 is 11.7 Å². The van der Waals surface area contributed by atoms with Crippen LogP contribution in [-0.2, 0) is 14.4 Å². The van der Waals surface area contributed by atoms with E-state index in [0.717, 1.165) is 0 Å². The lowest BCUT2D eigenvalue weighted by Crippen LogP contribution is -2.18. The fourth-order valence-electron chi connectivity index (χ4n) is 1.06. The average molecular weight is 187 g/mol. The second-order valence-corrected chi connectivity index (χ2v) is 2.70. The highest BCUT2D eigenvalue weighted by atomic mass is 16.6. The van der Waals surface area contributed by atoms with Gasteiger partial charge in [0.1, 0.15) is 6.10 Å². The minimum absolute atomic E-state index is 0.0380. The van der Waals surface area contributed by atoms with Gasteiger partial charge in [-0.2, -0.15) is 0 Å². The van der Waals surface area contributed by atoms with Gasteiger partial charge in [-0.25, -0.2) is 4.79 Å². The molecule has 5 heteroatoms. The maximum atomic E-state index is 11.1. The van der Waals surface area contributed by atoms with E-state index in [4.69, 9.17) is 14.7 Å². The zero-order valence-corrected chi connectivity index (χ0v) is 7.52. The lowest BCUT2D eigenvalue weighted by atomic mass is 10.1. The number of carbonyl (C=O) groups is 1. The van der Waals surface area contributed by atoms with Crippen molar-refractivity contribution in [3.8, 4) is 0 Å². The van der Waals surface area contributed by atoms with E-state index in [2.05, 4.69) is 5.16 Å². The molecule has 0 aliphatic carbocycles. The number of aliphatic hydroxyl groups is 1. The Kier molecular flexibility index (Phi) is 3.70. The maximum Gasteiger partial charge on any atom is 0.356 e. The predicted octanol–water partition coefficient (Wildman–Crippen LogP) is 0.0768. The minimum atomic E-state index is -0.428. The lowest BCUT2D eigenvalue weighted by molar-refractivity contribution is -0.135. The Labute approximate surface area is 76.3 Å². The molecule has 1 unspecified atom stereocenters. The van der Waals surface area contributed by atoms with Gasteiger partial charge in [-0.1, -0.05) is 5.16 Å². The summed E-state index contributed by atoms with van der Waals surface area (Å²) < 4.78 is 4.74. The molecule has 0 saturated carbocycles. The molecule has 0 aromatic rings. The van der Waals surface area contributed by atoms with E-state index < -0.39 is 5.97 Å². The molecular weight excluding hydrogens is 174 g/mol. The molecule has 0 spiro atoms. The van der Waals surface area contributed by atoms with Crippen LogP contribution >= 0.6 is 0 Å². The van der Waals surface area contributed by atoms with Crippen molar-refractivity contribution in [3.63, 3.8) is 0 Å². The molecule has 1 N–H and O–H groups in total. The lowest BCUT2D eigenvalue weighted by Gasteiger charge is -2.03. The second-order valence-electron chi connectivity index (χ2n) is 2.70. The molecule has 0 fully saturated rings. The number of esters is 1. The molecule has 1 rings (SSSR count). The Morgan fingerprint density at radius 1 is 1.85 bits per heavy atom. The molecule has 5 nitrogen and oxygen atoms in total. The molecule has 13 heavy (non-hydrogen) atoms. The summed E-state index contributed by atoms with van der Waals surface area (Å²) in [5, 5.41) is 12.2. The fraction of sp³-hybridized carbons (Fsp3) is 0.750. The van der Waals surface area contributed by atoms with E-state index in [0.29, 0.717) is 25.2 Å². The topological polar surface area (TPSA) is 68.1 Å². The normalized spacial score (nSPS) is 20.8. The number of hydrogen-bond donors (Lipinski definition) is 1. The van der Waals surface area contributed by atoms with E-state index >= 15 is 0 Å². The first-order valence-corrected chi connectivity index (χ1v) is 4.28. The number of rotatable bonds is 4. The van der Waals surface area contributed by atoms with Gasteiger partial charge in [-0.15, -0.1) is 0 Å². The van der Waals surface area contributed by atoms with Gasteiger partial charge in [0.15, 0.2) is 5.71 Å². The molecule has 0 amide bonds. The van der Waals surface area contributed by atoms with Crippen LogP contribution in [0.1, 0.15) is 19.8 Å². The molecule has 1 aliphatic rings. The van der Waals surface area contributed by atoms with Gasteiger partial charge in [-0.3, -0.25) is 0 Å². The highest BCUT2D eigenvalue weighted by Gasteiger charge is 2.26. The largest absolute Gasteiger partial charge is 0.461 e. The third kappa shape index (κ3) is 2.69. The minimum Gasteiger partial charge on any atom is -0.461 e. The van der Waals surface area contributed by atoms with Crippen LogP contribution in [0.25, 0.3) is 0 Å². The summed E-state index contributed by atoms with van der Waals surface area (Å²) >= 11 is 0. The van der Waals surface area contributed by atoms with E-state index in [-0.39, 0.29) is 12.7 Å². The molecule has 0 aromatic carbocycles. The van der Waals surface area contributed by atoms with Crippen LogP contribution in [0.5, 0.6) is 0 Å². The van der Waals surface area contributed by atoms with Gasteiger partial charge in [-0.05, 0) is 6.92 Å². The van der Waals surface area contributed by atoms with Crippen molar-refractivity contribution in [1.82, 2.24) is 0 Å². The highest BCUT2D eigenvalue weighted by molar-refractivity contribution is 6.36. The molecule has 0 saturated heterocycles. The Balaban J connectivity index is 2.34. The molecule has 0 radical (unpaired) electrons. The molecule has 1 atom stereocenters. The van der Waals surface area contributed by atoms with Crippen molar-refractivity contribution in [2.45, 2.75) is 25.9 Å². The fourth-order valence-corrected chi connectivity index (χ4v) is 1.06. The Hall–Kier alpha value is -1.10. The smallest absolute Gasteiger partial charge is 0.356 e. The average Bonchev–Trinajstić information content (AvgIpc) is 2.54. The summed E-state index contributed by atoms with van der Waals surface area (Å²) in [4.78, 5) is 16.0. The molecule has 74 valence electrons. The monoisotopic (exact) mass is 187 g/mol. The summed E-state index contributed by atoms with van der Waals surface area (Å²) in [7, 11) is 0. The third-order valence-electron chi connectivity index (χ3n) is 1.70. The Bertz CT molecular complexity index is 214. The van der Waals surface area contributed by atoms with Crippen LogP contribution in [-0.4, -0.2) is 36.1 Å². The first-order valence-electron chi connectivity index (χ1n) is 4.28. The SMILES string of the molecule is CCOC(=O)C1=NOC(CCO)C1. The number of oxime groups is 1. The number of nitrogens with zero attached hydrogens (tertiary/aromatic N) is 1. The van der Waals surface area contributed by atoms with Crippen LogP contribution in [0.4, 0.5) is 0 Å². The zero-order valence-electron chi connectivity index (χ0n) is 7.52. The van der Waals surface area contributed by atoms with Gasteiger partial charge < -0.3 is 14.7 Å². The first-order chi connectivity index (χ1) is 6.27. The third-order valence-corrected chi connectivity index (χ3v) is 1.70. The van der Waals surface area contributed by atoms with Gasteiger partial charge >= 0.3 is 5.97 Å². The first kappa shape index (κ1) is 9.98. The van der Waals surface area contributed by atoms with Gasteiger partial charge in [0, 0.05) is 19.4 Å². The van der Waals surface area contributed by atoms with Crippen molar-refractivity contribution in [2.75, 3.05) is 13.2 Å².